The summed E-state index contributed by atoms with van der Waals surface area (Å²) in [5, 5.41) is 9.79. The van der Waals surface area contributed by atoms with Crippen molar-refractivity contribution >= 4 is 11.7 Å². The maximum atomic E-state index is 12.5. The topological polar surface area (TPSA) is 69.6 Å². The number of hydrogen-bond acceptors (Lipinski definition) is 5. The molecule has 1 N–H and O–H groups in total. The highest BCUT2D eigenvalue weighted by Crippen LogP contribution is 2.22. The lowest BCUT2D eigenvalue weighted by Gasteiger charge is -2.37. The van der Waals surface area contributed by atoms with E-state index < -0.39 is 0 Å². The smallest absolute Gasteiger partial charge is 0.276 e. The van der Waals surface area contributed by atoms with Crippen LogP contribution in [0.15, 0.2) is 42.7 Å². The maximum Gasteiger partial charge on any atom is 0.276 e. The highest BCUT2D eigenvalue weighted by Gasteiger charge is 2.28. The van der Waals surface area contributed by atoms with Gasteiger partial charge in [-0.05, 0) is 37.1 Å². The zero-order valence-electron chi connectivity index (χ0n) is 13.1. The van der Waals surface area contributed by atoms with Gasteiger partial charge in [0, 0.05) is 38.6 Å². The number of amides is 1. The van der Waals surface area contributed by atoms with Gasteiger partial charge in [-0.3, -0.25) is 4.79 Å². The molecule has 0 aromatic carbocycles. The summed E-state index contributed by atoms with van der Waals surface area (Å²) < 4.78 is 0. The van der Waals surface area contributed by atoms with Crippen LogP contribution in [-0.2, 0) is 0 Å². The fourth-order valence-electron chi connectivity index (χ4n) is 2.92. The van der Waals surface area contributed by atoms with Gasteiger partial charge in [-0.1, -0.05) is 6.07 Å². The molecular formula is C17H20N4O2. The van der Waals surface area contributed by atoms with Crippen molar-refractivity contribution in [3.05, 3.63) is 48.4 Å². The van der Waals surface area contributed by atoms with Gasteiger partial charge >= 0.3 is 0 Å². The van der Waals surface area contributed by atoms with Crippen LogP contribution in [0.3, 0.4) is 0 Å². The first-order valence-electron chi connectivity index (χ1n) is 7.74. The monoisotopic (exact) mass is 312 g/mol. The average Bonchev–Trinajstić information content (AvgIpc) is 2.62. The van der Waals surface area contributed by atoms with Gasteiger partial charge in [0.05, 0.1) is 0 Å². The molecule has 0 radical (unpaired) electrons. The largest absolute Gasteiger partial charge is 0.505 e. The predicted molar refractivity (Wildman–Crippen MR) is 87.5 cm³/mol. The van der Waals surface area contributed by atoms with Gasteiger partial charge in [0.15, 0.2) is 5.69 Å². The summed E-state index contributed by atoms with van der Waals surface area (Å²) in [6.45, 7) is 1.71. The van der Waals surface area contributed by atoms with E-state index in [4.69, 9.17) is 0 Å². The molecular weight excluding hydrogens is 292 g/mol. The van der Waals surface area contributed by atoms with Crippen LogP contribution >= 0.6 is 0 Å². The molecule has 23 heavy (non-hydrogen) atoms. The summed E-state index contributed by atoms with van der Waals surface area (Å²) in [6.07, 6.45) is 5.05. The number of nitrogens with zero attached hydrogens (tertiary/aromatic N) is 4. The Morgan fingerprint density at radius 2 is 1.91 bits per heavy atom. The molecule has 2 aromatic rings. The third-order valence-electron chi connectivity index (χ3n) is 4.29. The van der Waals surface area contributed by atoms with Crippen LogP contribution in [0, 0.1) is 0 Å². The third-order valence-corrected chi connectivity index (χ3v) is 4.29. The number of carbonyl (C=O) groups is 1. The molecule has 0 atom stereocenters. The highest BCUT2D eigenvalue weighted by molar-refractivity contribution is 5.94. The van der Waals surface area contributed by atoms with Crippen molar-refractivity contribution in [1.29, 1.82) is 0 Å². The number of rotatable bonds is 3. The minimum absolute atomic E-state index is 0.0738. The van der Waals surface area contributed by atoms with Crippen LogP contribution in [0.5, 0.6) is 5.75 Å². The molecule has 0 unspecified atom stereocenters. The second kappa shape index (κ2) is 6.64. The molecule has 3 heterocycles. The lowest BCUT2D eigenvalue weighted by Crippen LogP contribution is -2.46. The van der Waals surface area contributed by atoms with Crippen molar-refractivity contribution in [3.8, 4) is 5.75 Å². The van der Waals surface area contributed by atoms with E-state index in [-0.39, 0.29) is 23.4 Å². The number of aromatic nitrogens is 2. The second-order valence-corrected chi connectivity index (χ2v) is 5.69. The van der Waals surface area contributed by atoms with Crippen LogP contribution in [-0.4, -0.2) is 52.1 Å². The van der Waals surface area contributed by atoms with E-state index in [1.165, 1.54) is 12.3 Å². The zero-order valence-corrected chi connectivity index (χ0v) is 13.1. The van der Waals surface area contributed by atoms with Crippen molar-refractivity contribution in [2.75, 3.05) is 25.0 Å². The molecule has 6 heteroatoms. The summed E-state index contributed by atoms with van der Waals surface area (Å²) >= 11 is 0. The van der Waals surface area contributed by atoms with Gasteiger partial charge in [-0.25, -0.2) is 9.97 Å². The lowest BCUT2D eigenvalue weighted by molar-refractivity contribution is 0.0700. The fraction of sp³-hybridized carbons (Fsp3) is 0.353. The van der Waals surface area contributed by atoms with Crippen molar-refractivity contribution in [2.24, 2.45) is 0 Å². The van der Waals surface area contributed by atoms with Crippen molar-refractivity contribution < 1.29 is 9.90 Å². The molecule has 1 aliphatic rings. The van der Waals surface area contributed by atoms with E-state index in [1.807, 2.05) is 18.2 Å². The number of aromatic hydroxyl groups is 1. The molecule has 1 aliphatic heterocycles. The van der Waals surface area contributed by atoms with E-state index in [9.17, 15) is 9.90 Å². The van der Waals surface area contributed by atoms with E-state index in [0.29, 0.717) is 0 Å². The van der Waals surface area contributed by atoms with Gasteiger partial charge in [0.2, 0.25) is 0 Å². The first-order chi connectivity index (χ1) is 11.2. The molecule has 0 saturated carbocycles. The van der Waals surface area contributed by atoms with E-state index in [2.05, 4.69) is 14.9 Å². The third kappa shape index (κ3) is 3.26. The van der Waals surface area contributed by atoms with E-state index in [1.54, 1.807) is 24.2 Å². The molecule has 0 aliphatic carbocycles. The van der Waals surface area contributed by atoms with Gasteiger partial charge in [0.1, 0.15) is 11.6 Å². The Bertz CT molecular complexity index is 669. The molecule has 6 nitrogen and oxygen atoms in total. The minimum Gasteiger partial charge on any atom is -0.505 e. The number of hydrogen-bond donors (Lipinski definition) is 1. The summed E-state index contributed by atoms with van der Waals surface area (Å²) in [7, 11) is 1.78. The number of piperidine rings is 1. The van der Waals surface area contributed by atoms with Crippen molar-refractivity contribution in [3.63, 3.8) is 0 Å². The zero-order chi connectivity index (χ0) is 16.2. The molecule has 1 fully saturated rings. The van der Waals surface area contributed by atoms with Crippen LogP contribution in [0.4, 0.5) is 5.82 Å². The molecule has 1 saturated heterocycles. The molecule has 3 rings (SSSR count). The Kier molecular flexibility index (Phi) is 4.41. The molecule has 0 bridgehead atoms. The Labute approximate surface area is 135 Å². The highest BCUT2D eigenvalue weighted by atomic mass is 16.3. The Hall–Kier alpha value is -2.63. The van der Waals surface area contributed by atoms with Gasteiger partial charge < -0.3 is 14.9 Å². The van der Waals surface area contributed by atoms with Crippen molar-refractivity contribution in [1.82, 2.24) is 14.9 Å². The first kappa shape index (κ1) is 15.3. The Morgan fingerprint density at radius 1 is 1.17 bits per heavy atom. The van der Waals surface area contributed by atoms with E-state index in [0.717, 1.165) is 31.7 Å². The van der Waals surface area contributed by atoms with Crippen LogP contribution in [0.2, 0.25) is 0 Å². The predicted octanol–water partition coefficient (Wildman–Crippen LogP) is 1.92. The van der Waals surface area contributed by atoms with Crippen LogP contribution < -0.4 is 4.90 Å². The summed E-state index contributed by atoms with van der Waals surface area (Å²) in [5.74, 6) is 0.664. The van der Waals surface area contributed by atoms with E-state index >= 15 is 0 Å². The number of anilines is 1. The normalized spacial score (nSPS) is 15.4. The fourth-order valence-corrected chi connectivity index (χ4v) is 2.92. The molecule has 1 amide bonds. The molecule has 120 valence electrons. The number of carbonyl (C=O) groups excluding carboxylic acids is 1. The van der Waals surface area contributed by atoms with Crippen molar-refractivity contribution in [2.45, 2.75) is 18.9 Å². The lowest BCUT2D eigenvalue weighted by atomic mass is 10.0. The molecule has 2 aromatic heterocycles. The standard InChI is InChI=1S/C17H20N4O2/c1-20(17(23)16-14(22)5-4-10-19-16)13-7-11-21(12-8-13)15-6-2-3-9-18-15/h2-6,9-10,13,22H,7-8,11-12H2,1H3. The summed E-state index contributed by atoms with van der Waals surface area (Å²) in [4.78, 5) is 24.8. The Morgan fingerprint density at radius 3 is 2.57 bits per heavy atom. The minimum atomic E-state index is -0.237. The SMILES string of the molecule is CN(C(=O)c1ncccc1O)C1CCN(c2ccccn2)CC1. The van der Waals surface area contributed by atoms with Crippen LogP contribution in [0.1, 0.15) is 23.3 Å². The van der Waals surface area contributed by atoms with Gasteiger partial charge in [-0.2, -0.15) is 0 Å². The number of pyridine rings is 2. The average molecular weight is 312 g/mol. The second-order valence-electron chi connectivity index (χ2n) is 5.69. The summed E-state index contributed by atoms with van der Waals surface area (Å²) in [5.41, 5.74) is 0.113. The van der Waals surface area contributed by atoms with Gasteiger partial charge in [-0.15, -0.1) is 0 Å². The quantitative estimate of drug-likeness (QED) is 0.938. The van der Waals surface area contributed by atoms with Crippen LogP contribution in [0.25, 0.3) is 0 Å². The molecule has 0 spiro atoms. The van der Waals surface area contributed by atoms with Gasteiger partial charge in [0.25, 0.3) is 5.91 Å². The maximum absolute atomic E-state index is 12.5. The Balaban J connectivity index is 1.63. The first-order valence-corrected chi connectivity index (χ1v) is 7.74. The summed E-state index contributed by atoms with van der Waals surface area (Å²) in [6, 6.07) is 9.12.